The molecule has 0 radical (unpaired) electrons. The molecule has 3 aromatic carbocycles. The summed E-state index contributed by atoms with van der Waals surface area (Å²) in [4.78, 5) is 26.0. The number of hydrogen-bond donors (Lipinski definition) is 2. The SMILES string of the molecule is CN(CC(=O)Nc1ccccc1Oc1ccccc1)C(C(N)=O)c1cccc(F)c1. The van der Waals surface area contributed by atoms with Gasteiger partial charge in [0.2, 0.25) is 11.8 Å². The van der Waals surface area contributed by atoms with E-state index in [2.05, 4.69) is 5.32 Å². The van der Waals surface area contributed by atoms with E-state index in [-0.39, 0.29) is 12.5 Å². The second-order valence-corrected chi connectivity index (χ2v) is 6.73. The zero-order chi connectivity index (χ0) is 21.5. The first kappa shape index (κ1) is 21.0. The number of rotatable bonds is 8. The minimum absolute atomic E-state index is 0.135. The van der Waals surface area contributed by atoms with E-state index in [0.717, 1.165) is 0 Å². The van der Waals surface area contributed by atoms with Gasteiger partial charge in [-0.1, -0.05) is 42.5 Å². The topological polar surface area (TPSA) is 84.7 Å². The average molecular weight is 407 g/mol. The van der Waals surface area contributed by atoms with E-state index in [0.29, 0.717) is 22.7 Å². The number of nitrogens with two attached hydrogens (primary N) is 1. The Bertz CT molecular complexity index is 1030. The van der Waals surface area contributed by atoms with Gasteiger partial charge in [-0.15, -0.1) is 0 Å². The predicted molar refractivity (Wildman–Crippen MR) is 113 cm³/mol. The van der Waals surface area contributed by atoms with Crippen molar-refractivity contribution in [3.63, 3.8) is 0 Å². The van der Waals surface area contributed by atoms with Crippen molar-refractivity contribution in [2.75, 3.05) is 18.9 Å². The first-order valence-electron chi connectivity index (χ1n) is 9.31. The molecule has 0 bridgehead atoms. The highest BCUT2D eigenvalue weighted by Crippen LogP contribution is 2.29. The summed E-state index contributed by atoms with van der Waals surface area (Å²) in [7, 11) is 1.58. The van der Waals surface area contributed by atoms with Gasteiger partial charge in [0.05, 0.1) is 12.2 Å². The third-order valence-electron chi connectivity index (χ3n) is 4.40. The molecule has 6 nitrogen and oxygen atoms in total. The van der Waals surface area contributed by atoms with Crippen molar-refractivity contribution in [2.45, 2.75) is 6.04 Å². The van der Waals surface area contributed by atoms with Crippen LogP contribution in [0, 0.1) is 5.82 Å². The van der Waals surface area contributed by atoms with E-state index < -0.39 is 17.8 Å². The zero-order valence-corrected chi connectivity index (χ0v) is 16.4. The molecular formula is C23H22FN3O3. The van der Waals surface area contributed by atoms with Crippen LogP contribution in [0.1, 0.15) is 11.6 Å². The number of carbonyl (C=O) groups excluding carboxylic acids is 2. The highest BCUT2D eigenvalue weighted by molar-refractivity contribution is 5.94. The lowest BCUT2D eigenvalue weighted by Gasteiger charge is -2.25. The molecule has 0 aliphatic carbocycles. The normalized spacial score (nSPS) is 11.7. The van der Waals surface area contributed by atoms with Crippen molar-refractivity contribution in [1.29, 1.82) is 0 Å². The van der Waals surface area contributed by atoms with E-state index in [9.17, 15) is 14.0 Å². The number of para-hydroxylation sites is 3. The van der Waals surface area contributed by atoms with E-state index in [1.807, 2.05) is 30.3 Å². The molecule has 0 aliphatic rings. The van der Waals surface area contributed by atoms with Gasteiger partial charge < -0.3 is 15.8 Å². The Hall–Kier alpha value is -3.71. The van der Waals surface area contributed by atoms with Gasteiger partial charge in [0, 0.05) is 0 Å². The number of likely N-dealkylation sites (N-methyl/N-ethyl adjacent to an activating group) is 1. The van der Waals surface area contributed by atoms with Crippen molar-refractivity contribution in [3.05, 3.63) is 90.2 Å². The van der Waals surface area contributed by atoms with Gasteiger partial charge >= 0.3 is 0 Å². The summed E-state index contributed by atoms with van der Waals surface area (Å²) in [6, 6.07) is 20.9. The molecule has 30 heavy (non-hydrogen) atoms. The van der Waals surface area contributed by atoms with Crippen molar-refractivity contribution >= 4 is 17.5 Å². The van der Waals surface area contributed by atoms with E-state index in [4.69, 9.17) is 10.5 Å². The minimum atomic E-state index is -0.942. The summed E-state index contributed by atoms with van der Waals surface area (Å²) in [6.45, 7) is -0.135. The quantitative estimate of drug-likeness (QED) is 0.596. The molecule has 3 aromatic rings. The Kier molecular flexibility index (Phi) is 6.77. The number of primary amides is 1. The third-order valence-corrected chi connectivity index (χ3v) is 4.40. The molecule has 154 valence electrons. The second-order valence-electron chi connectivity index (χ2n) is 6.73. The maximum atomic E-state index is 13.6. The number of benzene rings is 3. The molecule has 2 amide bonds. The monoisotopic (exact) mass is 407 g/mol. The van der Waals surface area contributed by atoms with Crippen LogP contribution in [0.2, 0.25) is 0 Å². The van der Waals surface area contributed by atoms with Crippen LogP contribution < -0.4 is 15.8 Å². The van der Waals surface area contributed by atoms with Crippen LogP contribution in [0.3, 0.4) is 0 Å². The van der Waals surface area contributed by atoms with Gasteiger partial charge in [0.1, 0.15) is 17.6 Å². The van der Waals surface area contributed by atoms with Crippen molar-refractivity contribution in [2.24, 2.45) is 5.73 Å². The van der Waals surface area contributed by atoms with Crippen LogP contribution in [0.25, 0.3) is 0 Å². The van der Waals surface area contributed by atoms with Gasteiger partial charge in [-0.3, -0.25) is 14.5 Å². The first-order chi connectivity index (χ1) is 14.4. The fourth-order valence-corrected chi connectivity index (χ4v) is 3.09. The van der Waals surface area contributed by atoms with E-state index in [1.165, 1.54) is 23.1 Å². The number of amides is 2. The van der Waals surface area contributed by atoms with Gasteiger partial charge in [0.15, 0.2) is 5.75 Å². The number of carbonyl (C=O) groups is 2. The molecule has 3 rings (SSSR count). The van der Waals surface area contributed by atoms with Gasteiger partial charge in [-0.25, -0.2) is 4.39 Å². The van der Waals surface area contributed by atoms with Crippen LogP contribution in [-0.2, 0) is 9.59 Å². The third kappa shape index (κ3) is 5.42. The van der Waals surface area contributed by atoms with E-state index in [1.54, 1.807) is 37.4 Å². The fraction of sp³-hybridized carbons (Fsp3) is 0.130. The maximum Gasteiger partial charge on any atom is 0.239 e. The molecule has 0 saturated heterocycles. The highest BCUT2D eigenvalue weighted by Gasteiger charge is 2.25. The molecule has 0 aromatic heterocycles. The summed E-state index contributed by atoms with van der Waals surface area (Å²) >= 11 is 0. The van der Waals surface area contributed by atoms with E-state index >= 15 is 0 Å². The number of anilines is 1. The number of hydrogen-bond acceptors (Lipinski definition) is 4. The molecular weight excluding hydrogens is 385 g/mol. The van der Waals surface area contributed by atoms with Crippen molar-refractivity contribution < 1.29 is 18.7 Å². The molecule has 1 atom stereocenters. The zero-order valence-electron chi connectivity index (χ0n) is 16.4. The number of nitrogens with zero attached hydrogens (tertiary/aromatic N) is 1. The largest absolute Gasteiger partial charge is 0.455 e. The Morgan fingerprint density at radius 3 is 2.43 bits per heavy atom. The van der Waals surface area contributed by atoms with Crippen molar-refractivity contribution in [3.8, 4) is 11.5 Å². The van der Waals surface area contributed by atoms with Crippen LogP contribution >= 0.6 is 0 Å². The maximum absolute atomic E-state index is 13.6. The number of halogens is 1. The van der Waals surface area contributed by atoms with Gasteiger partial charge in [-0.05, 0) is 49.0 Å². The molecule has 0 spiro atoms. The number of nitrogens with one attached hydrogen (secondary N) is 1. The summed E-state index contributed by atoms with van der Waals surface area (Å²) < 4.78 is 19.4. The lowest BCUT2D eigenvalue weighted by atomic mass is 10.0. The van der Waals surface area contributed by atoms with Crippen LogP contribution in [0.5, 0.6) is 11.5 Å². The minimum Gasteiger partial charge on any atom is -0.455 e. The molecule has 0 heterocycles. The summed E-state index contributed by atoms with van der Waals surface area (Å²) in [5.41, 5.74) is 6.37. The van der Waals surface area contributed by atoms with Crippen LogP contribution in [0.4, 0.5) is 10.1 Å². The van der Waals surface area contributed by atoms with Crippen LogP contribution in [-0.4, -0.2) is 30.3 Å². The molecule has 1 unspecified atom stereocenters. The Morgan fingerprint density at radius 2 is 1.73 bits per heavy atom. The second kappa shape index (κ2) is 9.67. The molecule has 7 heteroatoms. The Balaban J connectivity index is 1.71. The summed E-state index contributed by atoms with van der Waals surface area (Å²) in [6.07, 6.45) is 0. The molecule has 3 N–H and O–H groups in total. The van der Waals surface area contributed by atoms with Crippen LogP contribution in [0.15, 0.2) is 78.9 Å². The Labute approximate surface area is 174 Å². The average Bonchev–Trinajstić information content (AvgIpc) is 2.70. The first-order valence-corrected chi connectivity index (χ1v) is 9.31. The Morgan fingerprint density at radius 1 is 1.03 bits per heavy atom. The number of ether oxygens (including phenoxy) is 1. The molecule has 0 fully saturated rings. The lowest BCUT2D eigenvalue weighted by molar-refractivity contribution is -0.124. The fourth-order valence-electron chi connectivity index (χ4n) is 3.09. The summed E-state index contributed by atoms with van der Waals surface area (Å²) in [5, 5.41) is 2.79. The lowest BCUT2D eigenvalue weighted by Crippen LogP contribution is -2.39. The van der Waals surface area contributed by atoms with Gasteiger partial charge in [0.25, 0.3) is 0 Å². The smallest absolute Gasteiger partial charge is 0.239 e. The molecule has 0 saturated carbocycles. The molecule has 0 aliphatic heterocycles. The highest BCUT2D eigenvalue weighted by atomic mass is 19.1. The predicted octanol–water partition coefficient (Wildman–Crippen LogP) is 3.71. The van der Waals surface area contributed by atoms with Gasteiger partial charge in [-0.2, -0.15) is 0 Å². The summed E-state index contributed by atoms with van der Waals surface area (Å²) in [5.74, 6) is -0.413. The standard InChI is InChI=1S/C23H22FN3O3/c1-27(22(23(25)29)16-8-7-9-17(24)14-16)15-21(28)26-19-12-5-6-13-20(19)30-18-10-3-2-4-11-18/h2-14,22H,15H2,1H3,(H2,25,29)(H,26,28). The van der Waals surface area contributed by atoms with Crippen molar-refractivity contribution in [1.82, 2.24) is 4.90 Å².